The van der Waals surface area contributed by atoms with Crippen molar-refractivity contribution in [2.24, 2.45) is 47.3 Å². The van der Waals surface area contributed by atoms with Crippen LogP contribution in [0.2, 0.25) is 0 Å². The summed E-state index contributed by atoms with van der Waals surface area (Å²) in [4.78, 5) is 11.9. The molecule has 0 spiro atoms. The fourth-order valence-corrected chi connectivity index (χ4v) is 7.12. The highest BCUT2D eigenvalue weighted by Gasteiger charge is 2.67. The summed E-state index contributed by atoms with van der Waals surface area (Å²) in [5.74, 6) is 6.80. The Morgan fingerprint density at radius 1 is 1.10 bits per heavy atom. The molecule has 0 aromatic rings. The zero-order valence-electron chi connectivity index (χ0n) is 12.7. The van der Waals surface area contributed by atoms with E-state index in [1.165, 1.54) is 19.3 Å². The van der Waals surface area contributed by atoms with Crippen LogP contribution in [0, 0.1) is 47.3 Å². The van der Waals surface area contributed by atoms with Gasteiger partial charge in [0.05, 0.1) is 0 Å². The summed E-state index contributed by atoms with van der Waals surface area (Å²) in [5, 5.41) is 0. The standard InChI is InChI=1S/C19H24O2/c1-9(2)19(20)21-16-7-10-6-15(16)18-14-8-13(17(10)18)11-4-3-5-12(11)14/h3,5,10-18H,1,4,6-8H2,2H3. The van der Waals surface area contributed by atoms with Crippen LogP contribution in [-0.2, 0) is 9.53 Å². The number of fused-ring (bicyclic) bond motifs is 12. The van der Waals surface area contributed by atoms with Crippen molar-refractivity contribution in [2.45, 2.75) is 38.7 Å². The van der Waals surface area contributed by atoms with Gasteiger partial charge in [-0.3, -0.25) is 0 Å². The van der Waals surface area contributed by atoms with Crippen molar-refractivity contribution in [3.63, 3.8) is 0 Å². The van der Waals surface area contributed by atoms with Crippen molar-refractivity contribution in [1.82, 2.24) is 0 Å². The third-order valence-corrected chi connectivity index (χ3v) is 7.52. The predicted molar refractivity (Wildman–Crippen MR) is 80.2 cm³/mol. The zero-order chi connectivity index (χ0) is 14.3. The van der Waals surface area contributed by atoms with Crippen molar-refractivity contribution in [3.8, 4) is 0 Å². The lowest BCUT2D eigenvalue weighted by atomic mass is 9.63. The highest BCUT2D eigenvalue weighted by molar-refractivity contribution is 5.87. The van der Waals surface area contributed by atoms with Crippen molar-refractivity contribution >= 4 is 5.97 Å². The van der Waals surface area contributed by atoms with E-state index in [4.69, 9.17) is 4.74 Å². The van der Waals surface area contributed by atoms with Gasteiger partial charge in [-0.15, -0.1) is 0 Å². The molecular weight excluding hydrogens is 260 g/mol. The Labute approximate surface area is 126 Å². The topological polar surface area (TPSA) is 26.3 Å². The van der Waals surface area contributed by atoms with Gasteiger partial charge >= 0.3 is 5.97 Å². The van der Waals surface area contributed by atoms with E-state index in [-0.39, 0.29) is 12.1 Å². The normalized spacial score (nSPS) is 54.8. The van der Waals surface area contributed by atoms with Crippen LogP contribution in [0.1, 0.15) is 32.6 Å². The van der Waals surface area contributed by atoms with Gasteiger partial charge in [0.15, 0.2) is 0 Å². The van der Waals surface area contributed by atoms with E-state index >= 15 is 0 Å². The molecule has 2 heteroatoms. The quantitative estimate of drug-likeness (QED) is 0.335. The molecule has 2 nitrogen and oxygen atoms in total. The van der Waals surface area contributed by atoms with Gasteiger partial charge in [0, 0.05) is 5.57 Å². The van der Waals surface area contributed by atoms with Gasteiger partial charge < -0.3 is 4.74 Å². The summed E-state index contributed by atoms with van der Waals surface area (Å²) in [6.45, 7) is 5.48. The number of hydrogen-bond acceptors (Lipinski definition) is 2. The van der Waals surface area contributed by atoms with E-state index < -0.39 is 0 Å². The van der Waals surface area contributed by atoms with Gasteiger partial charge in [-0.1, -0.05) is 18.7 Å². The SMILES string of the molecule is C=C(C)C(=O)OC1CC2CC1C1C3CC(C4CC=CC43)C21. The van der Waals surface area contributed by atoms with Gasteiger partial charge in [-0.05, 0) is 80.0 Å². The Morgan fingerprint density at radius 2 is 1.95 bits per heavy atom. The molecule has 4 bridgehead atoms. The Morgan fingerprint density at radius 3 is 2.76 bits per heavy atom. The first-order chi connectivity index (χ1) is 10.1. The smallest absolute Gasteiger partial charge is 0.333 e. The lowest BCUT2D eigenvalue weighted by Crippen LogP contribution is -2.41. The molecule has 112 valence electrons. The van der Waals surface area contributed by atoms with Crippen molar-refractivity contribution in [1.29, 1.82) is 0 Å². The van der Waals surface area contributed by atoms with Crippen LogP contribution < -0.4 is 0 Å². The predicted octanol–water partition coefficient (Wildman–Crippen LogP) is 3.59. The van der Waals surface area contributed by atoms with Crippen molar-refractivity contribution in [3.05, 3.63) is 24.3 Å². The molecule has 4 saturated carbocycles. The van der Waals surface area contributed by atoms with E-state index in [9.17, 15) is 4.79 Å². The zero-order valence-corrected chi connectivity index (χ0v) is 12.7. The maximum atomic E-state index is 11.9. The summed E-state index contributed by atoms with van der Waals surface area (Å²) in [7, 11) is 0. The highest BCUT2D eigenvalue weighted by Crippen LogP contribution is 2.72. The first-order valence-electron chi connectivity index (χ1n) is 8.68. The lowest BCUT2D eigenvalue weighted by Gasteiger charge is -2.42. The Kier molecular flexibility index (Phi) is 2.39. The molecule has 9 atom stereocenters. The molecule has 0 aliphatic heterocycles. The molecule has 5 aliphatic rings. The number of ether oxygens (including phenoxy) is 1. The van der Waals surface area contributed by atoms with E-state index in [1.54, 1.807) is 6.92 Å². The Balaban J connectivity index is 1.40. The number of hydrogen-bond donors (Lipinski definition) is 0. The summed E-state index contributed by atoms with van der Waals surface area (Å²) >= 11 is 0. The molecule has 0 radical (unpaired) electrons. The Hall–Kier alpha value is -1.05. The largest absolute Gasteiger partial charge is 0.459 e. The maximum absolute atomic E-state index is 11.9. The molecular formula is C19H24O2. The summed E-state index contributed by atoms with van der Waals surface area (Å²) in [6, 6.07) is 0. The summed E-state index contributed by atoms with van der Waals surface area (Å²) in [6.07, 6.45) is 10.4. The number of esters is 1. The minimum absolute atomic E-state index is 0.175. The molecule has 0 aromatic carbocycles. The average molecular weight is 284 g/mol. The third-order valence-electron chi connectivity index (χ3n) is 7.52. The summed E-state index contributed by atoms with van der Waals surface area (Å²) < 4.78 is 5.78. The molecule has 5 aliphatic carbocycles. The number of carbonyl (C=O) groups excluding carboxylic acids is 1. The minimum Gasteiger partial charge on any atom is -0.459 e. The third kappa shape index (κ3) is 1.47. The number of rotatable bonds is 2. The van der Waals surface area contributed by atoms with E-state index in [0.717, 1.165) is 47.8 Å². The van der Waals surface area contributed by atoms with Crippen LogP contribution >= 0.6 is 0 Å². The van der Waals surface area contributed by atoms with Crippen LogP contribution in [0.5, 0.6) is 0 Å². The maximum Gasteiger partial charge on any atom is 0.333 e. The minimum atomic E-state index is -0.175. The van der Waals surface area contributed by atoms with Gasteiger partial charge in [0.25, 0.3) is 0 Å². The van der Waals surface area contributed by atoms with Crippen LogP contribution in [0.15, 0.2) is 24.3 Å². The van der Waals surface area contributed by atoms with Gasteiger partial charge in [-0.25, -0.2) is 4.79 Å². The fraction of sp³-hybridized carbons (Fsp3) is 0.737. The van der Waals surface area contributed by atoms with Gasteiger partial charge in [0.2, 0.25) is 0 Å². The molecule has 0 amide bonds. The molecule has 5 rings (SSSR count). The fourth-order valence-electron chi connectivity index (χ4n) is 7.12. The van der Waals surface area contributed by atoms with E-state index in [1.807, 2.05) is 0 Å². The second-order valence-electron chi connectivity index (χ2n) is 8.24. The highest BCUT2D eigenvalue weighted by atomic mass is 16.5. The molecule has 9 unspecified atom stereocenters. The molecule has 0 aromatic heterocycles. The Bertz CT molecular complexity index is 548. The molecule has 4 fully saturated rings. The van der Waals surface area contributed by atoms with E-state index in [0.29, 0.717) is 11.5 Å². The van der Waals surface area contributed by atoms with Crippen LogP contribution in [-0.4, -0.2) is 12.1 Å². The summed E-state index contributed by atoms with van der Waals surface area (Å²) in [5.41, 5.74) is 0.543. The molecule has 21 heavy (non-hydrogen) atoms. The van der Waals surface area contributed by atoms with Gasteiger partial charge in [0.1, 0.15) is 6.10 Å². The average Bonchev–Trinajstić information content (AvgIpc) is 3.20. The molecule has 0 heterocycles. The van der Waals surface area contributed by atoms with Crippen LogP contribution in [0.3, 0.4) is 0 Å². The van der Waals surface area contributed by atoms with E-state index in [2.05, 4.69) is 18.7 Å². The van der Waals surface area contributed by atoms with Crippen molar-refractivity contribution < 1.29 is 9.53 Å². The number of carbonyl (C=O) groups is 1. The van der Waals surface area contributed by atoms with Crippen molar-refractivity contribution in [2.75, 3.05) is 0 Å². The second-order valence-corrected chi connectivity index (χ2v) is 8.24. The molecule has 0 saturated heterocycles. The van der Waals surface area contributed by atoms with Crippen LogP contribution in [0.25, 0.3) is 0 Å². The monoisotopic (exact) mass is 284 g/mol. The molecule has 0 N–H and O–H groups in total. The first-order valence-corrected chi connectivity index (χ1v) is 8.68. The number of allylic oxidation sites excluding steroid dienone is 2. The first kappa shape index (κ1) is 12.5. The lowest BCUT2D eigenvalue weighted by molar-refractivity contribution is -0.149. The van der Waals surface area contributed by atoms with Crippen LogP contribution in [0.4, 0.5) is 0 Å². The second kappa shape index (κ2) is 4.02. The van der Waals surface area contributed by atoms with Gasteiger partial charge in [-0.2, -0.15) is 0 Å².